The summed E-state index contributed by atoms with van der Waals surface area (Å²) in [7, 11) is 4.74. The van der Waals surface area contributed by atoms with Gasteiger partial charge in [-0.05, 0) is 0 Å². The topological polar surface area (TPSA) is 110 Å². The zero-order valence-corrected chi connectivity index (χ0v) is 11.0. The quantitative estimate of drug-likeness (QED) is 0.538. The fraction of sp³-hybridized carbons (Fsp3) is 0.600. The summed E-state index contributed by atoms with van der Waals surface area (Å²) >= 11 is 0. The fourth-order valence-electron chi connectivity index (χ4n) is 1.27. The fourth-order valence-corrected chi connectivity index (χ4v) is 1.27. The number of amidine groups is 1. The minimum atomic E-state index is -0.0937. The van der Waals surface area contributed by atoms with Crippen molar-refractivity contribution < 1.29 is 9.47 Å². The maximum atomic E-state index is 7.36. The number of methoxy groups -OCH3 is 2. The molecule has 8 nitrogen and oxygen atoms in total. The second-order valence-corrected chi connectivity index (χ2v) is 3.85. The molecule has 1 aromatic heterocycles. The molecule has 1 unspecified atom stereocenters. The summed E-state index contributed by atoms with van der Waals surface area (Å²) < 4.78 is 9.93. The number of nitrogens with one attached hydrogen (secondary N) is 1. The molecule has 0 saturated carbocycles. The van der Waals surface area contributed by atoms with E-state index < -0.39 is 0 Å². The lowest BCUT2D eigenvalue weighted by molar-refractivity contribution is 0.340. The van der Waals surface area contributed by atoms with Crippen molar-refractivity contribution in [1.29, 1.82) is 5.41 Å². The normalized spacial score (nSPS) is 11.8. The summed E-state index contributed by atoms with van der Waals surface area (Å²) in [5.74, 6) is 0.436. The summed E-state index contributed by atoms with van der Waals surface area (Å²) in [6.45, 7) is 2.38. The molecule has 1 atom stereocenters. The van der Waals surface area contributed by atoms with Gasteiger partial charge in [0.05, 0.1) is 20.1 Å². The number of nitrogens with two attached hydrogens (primary N) is 1. The van der Waals surface area contributed by atoms with Crippen molar-refractivity contribution in [2.24, 2.45) is 11.7 Å². The third-order valence-corrected chi connectivity index (χ3v) is 2.37. The summed E-state index contributed by atoms with van der Waals surface area (Å²) in [5.41, 5.74) is 5.43. The first-order chi connectivity index (χ1) is 8.47. The third kappa shape index (κ3) is 3.44. The lowest BCUT2D eigenvalue weighted by Gasteiger charge is -2.20. The van der Waals surface area contributed by atoms with Crippen LogP contribution in [-0.2, 0) is 0 Å². The van der Waals surface area contributed by atoms with Crippen LogP contribution in [0.3, 0.4) is 0 Å². The molecule has 1 rings (SSSR count). The predicted octanol–water partition coefficient (Wildman–Crippen LogP) is -0.103. The molecule has 0 aromatic carbocycles. The monoisotopic (exact) mass is 254 g/mol. The third-order valence-electron chi connectivity index (χ3n) is 2.37. The first kappa shape index (κ1) is 13.9. The van der Waals surface area contributed by atoms with E-state index in [2.05, 4.69) is 15.0 Å². The van der Waals surface area contributed by atoms with Crippen molar-refractivity contribution in [3.63, 3.8) is 0 Å². The van der Waals surface area contributed by atoms with Crippen molar-refractivity contribution in [1.82, 2.24) is 15.0 Å². The Kier molecular flexibility index (Phi) is 4.64. The van der Waals surface area contributed by atoms with Gasteiger partial charge in [-0.15, -0.1) is 4.98 Å². The Hall–Kier alpha value is -2.12. The van der Waals surface area contributed by atoms with Crippen molar-refractivity contribution in [2.45, 2.75) is 6.92 Å². The van der Waals surface area contributed by atoms with Crippen molar-refractivity contribution in [2.75, 3.05) is 32.7 Å². The van der Waals surface area contributed by atoms with Crippen molar-refractivity contribution in [3.8, 4) is 12.0 Å². The van der Waals surface area contributed by atoms with Crippen LogP contribution in [-0.4, -0.2) is 48.6 Å². The number of hydrogen-bond acceptors (Lipinski definition) is 7. The van der Waals surface area contributed by atoms with Gasteiger partial charge in [-0.25, -0.2) is 0 Å². The van der Waals surface area contributed by atoms with E-state index in [9.17, 15) is 0 Å². The molecule has 1 aromatic rings. The molecule has 0 bridgehead atoms. The van der Waals surface area contributed by atoms with Gasteiger partial charge in [0.2, 0.25) is 5.95 Å². The molecule has 3 N–H and O–H groups in total. The van der Waals surface area contributed by atoms with E-state index in [0.29, 0.717) is 12.5 Å². The van der Waals surface area contributed by atoms with Crippen LogP contribution in [0.4, 0.5) is 5.95 Å². The van der Waals surface area contributed by atoms with Gasteiger partial charge in [0, 0.05) is 19.5 Å². The molecule has 1 heterocycles. The summed E-state index contributed by atoms with van der Waals surface area (Å²) in [6.07, 6.45) is 0. The first-order valence-electron chi connectivity index (χ1n) is 5.37. The largest absolute Gasteiger partial charge is 0.467 e. The second-order valence-electron chi connectivity index (χ2n) is 3.85. The van der Waals surface area contributed by atoms with E-state index in [1.54, 1.807) is 11.9 Å². The maximum absolute atomic E-state index is 7.36. The van der Waals surface area contributed by atoms with Gasteiger partial charge in [0.25, 0.3) is 0 Å². The molecule has 8 heteroatoms. The molecule has 0 aliphatic carbocycles. The summed E-state index contributed by atoms with van der Waals surface area (Å²) in [6, 6.07) is 0.360. The van der Waals surface area contributed by atoms with E-state index in [0.717, 1.165) is 0 Å². The van der Waals surface area contributed by atoms with Crippen LogP contribution in [0.1, 0.15) is 6.92 Å². The smallest absolute Gasteiger partial charge is 0.324 e. The van der Waals surface area contributed by atoms with Gasteiger partial charge in [0.15, 0.2) is 0 Å². The predicted molar refractivity (Wildman–Crippen MR) is 67.3 cm³/mol. The molecule has 0 aliphatic heterocycles. The number of rotatable bonds is 6. The Balaban J connectivity index is 2.90. The van der Waals surface area contributed by atoms with Crippen molar-refractivity contribution >= 4 is 11.8 Å². The molecule has 0 spiro atoms. The molecular formula is C10H18N6O2. The van der Waals surface area contributed by atoms with Gasteiger partial charge >= 0.3 is 12.0 Å². The lowest BCUT2D eigenvalue weighted by atomic mass is 10.1. The molecule has 100 valence electrons. The van der Waals surface area contributed by atoms with E-state index in [1.807, 2.05) is 6.92 Å². The zero-order valence-electron chi connectivity index (χ0n) is 11.0. The van der Waals surface area contributed by atoms with Crippen LogP contribution in [0.5, 0.6) is 12.0 Å². The molecule has 0 amide bonds. The molecule has 0 saturated heterocycles. The Morgan fingerprint density at radius 1 is 1.28 bits per heavy atom. The average molecular weight is 254 g/mol. The van der Waals surface area contributed by atoms with Gasteiger partial charge in [-0.2, -0.15) is 9.97 Å². The molecule has 0 aliphatic rings. The highest BCUT2D eigenvalue weighted by Crippen LogP contribution is 2.15. The molecule has 0 radical (unpaired) electrons. The van der Waals surface area contributed by atoms with Gasteiger partial charge in [-0.3, -0.25) is 5.41 Å². The van der Waals surface area contributed by atoms with Crippen LogP contribution >= 0.6 is 0 Å². The Labute approximate surface area is 106 Å². The van der Waals surface area contributed by atoms with Crippen LogP contribution in [0, 0.1) is 11.3 Å². The first-order valence-corrected chi connectivity index (χ1v) is 5.37. The van der Waals surface area contributed by atoms with E-state index in [4.69, 9.17) is 20.6 Å². The van der Waals surface area contributed by atoms with Gasteiger partial charge < -0.3 is 20.1 Å². The second kappa shape index (κ2) is 5.99. The SMILES string of the molecule is COc1nc(OC)nc(N(C)CC(C)C(=N)N)n1. The number of nitrogens with zero attached hydrogens (tertiary/aromatic N) is 4. The van der Waals surface area contributed by atoms with Gasteiger partial charge in [-0.1, -0.05) is 6.92 Å². The lowest BCUT2D eigenvalue weighted by Crippen LogP contribution is -2.33. The van der Waals surface area contributed by atoms with Crippen LogP contribution < -0.4 is 20.1 Å². The van der Waals surface area contributed by atoms with E-state index in [1.165, 1.54) is 14.2 Å². The Bertz CT molecular complexity index is 403. The average Bonchev–Trinajstić information content (AvgIpc) is 2.37. The number of ether oxygens (including phenoxy) is 2. The molecule has 0 fully saturated rings. The van der Waals surface area contributed by atoms with Crippen LogP contribution in [0.25, 0.3) is 0 Å². The summed E-state index contributed by atoms with van der Waals surface area (Å²) in [4.78, 5) is 13.9. The minimum absolute atomic E-state index is 0.0937. The zero-order chi connectivity index (χ0) is 13.7. The highest BCUT2D eigenvalue weighted by atomic mass is 16.5. The molecular weight excluding hydrogens is 236 g/mol. The Morgan fingerprint density at radius 2 is 1.78 bits per heavy atom. The van der Waals surface area contributed by atoms with E-state index in [-0.39, 0.29) is 23.8 Å². The Morgan fingerprint density at radius 3 is 2.17 bits per heavy atom. The highest BCUT2D eigenvalue weighted by Gasteiger charge is 2.14. The van der Waals surface area contributed by atoms with Crippen LogP contribution in [0.2, 0.25) is 0 Å². The van der Waals surface area contributed by atoms with Crippen molar-refractivity contribution in [3.05, 3.63) is 0 Å². The number of anilines is 1. The standard InChI is InChI=1S/C10H18N6O2/c1-6(7(11)12)5-16(2)8-13-9(17-3)15-10(14-8)18-4/h6H,5H2,1-4H3,(H3,11,12). The van der Waals surface area contributed by atoms with Gasteiger partial charge in [0.1, 0.15) is 0 Å². The maximum Gasteiger partial charge on any atom is 0.324 e. The minimum Gasteiger partial charge on any atom is -0.467 e. The van der Waals surface area contributed by atoms with Crippen LogP contribution in [0.15, 0.2) is 0 Å². The number of aromatic nitrogens is 3. The highest BCUT2D eigenvalue weighted by molar-refractivity contribution is 5.79. The summed E-state index contributed by atoms with van der Waals surface area (Å²) in [5, 5.41) is 7.36. The number of hydrogen-bond donors (Lipinski definition) is 2. The molecule has 18 heavy (non-hydrogen) atoms. The van der Waals surface area contributed by atoms with E-state index >= 15 is 0 Å².